The average Bonchev–Trinajstić information content (AvgIpc) is 2.43. The van der Waals surface area contributed by atoms with E-state index >= 15 is 0 Å². The SMILES string of the molecule is Cc1ccn(Cc2ccccc2CN(C)C)c(=O)c1C(=O)O. The van der Waals surface area contributed by atoms with Crippen LogP contribution in [0.15, 0.2) is 41.3 Å². The number of aromatic carboxylic acids is 1. The van der Waals surface area contributed by atoms with E-state index < -0.39 is 11.5 Å². The molecule has 1 aromatic heterocycles. The van der Waals surface area contributed by atoms with E-state index in [1.165, 1.54) is 4.57 Å². The number of nitrogens with zero attached hydrogens (tertiary/aromatic N) is 2. The molecule has 0 aliphatic carbocycles. The Morgan fingerprint density at radius 2 is 1.82 bits per heavy atom. The van der Waals surface area contributed by atoms with Crippen molar-refractivity contribution in [1.29, 1.82) is 0 Å². The number of carboxylic acids is 1. The minimum Gasteiger partial charge on any atom is -0.477 e. The van der Waals surface area contributed by atoms with Crippen LogP contribution >= 0.6 is 0 Å². The molecule has 0 amide bonds. The zero-order valence-corrected chi connectivity index (χ0v) is 13.0. The molecule has 1 heterocycles. The van der Waals surface area contributed by atoms with Crippen LogP contribution in [0, 0.1) is 6.92 Å². The molecule has 0 unspecified atom stereocenters. The summed E-state index contributed by atoms with van der Waals surface area (Å²) < 4.78 is 1.45. The fourth-order valence-corrected chi connectivity index (χ4v) is 2.44. The van der Waals surface area contributed by atoms with Crippen molar-refractivity contribution in [2.45, 2.75) is 20.0 Å². The molecule has 0 saturated carbocycles. The van der Waals surface area contributed by atoms with Gasteiger partial charge in [0.15, 0.2) is 0 Å². The van der Waals surface area contributed by atoms with E-state index in [1.807, 2.05) is 38.4 Å². The number of carboxylic acid groups (broad SMARTS) is 1. The van der Waals surface area contributed by atoms with Crippen LogP contribution in [0.3, 0.4) is 0 Å². The first-order valence-corrected chi connectivity index (χ1v) is 7.05. The number of aryl methyl sites for hydroxylation is 1. The third-order valence-corrected chi connectivity index (χ3v) is 3.53. The number of rotatable bonds is 5. The second-order valence-corrected chi connectivity index (χ2v) is 5.62. The monoisotopic (exact) mass is 300 g/mol. The van der Waals surface area contributed by atoms with Gasteiger partial charge in [-0.25, -0.2) is 4.79 Å². The molecule has 0 bridgehead atoms. The van der Waals surface area contributed by atoms with Crippen molar-refractivity contribution in [3.63, 3.8) is 0 Å². The summed E-state index contributed by atoms with van der Waals surface area (Å²) >= 11 is 0. The molecule has 22 heavy (non-hydrogen) atoms. The van der Waals surface area contributed by atoms with Crippen LogP contribution in [0.25, 0.3) is 0 Å². The zero-order chi connectivity index (χ0) is 16.3. The van der Waals surface area contributed by atoms with Crippen molar-refractivity contribution in [3.8, 4) is 0 Å². The Kier molecular flexibility index (Phi) is 4.78. The smallest absolute Gasteiger partial charge is 0.341 e. The third-order valence-electron chi connectivity index (χ3n) is 3.53. The summed E-state index contributed by atoms with van der Waals surface area (Å²) in [4.78, 5) is 25.6. The van der Waals surface area contributed by atoms with Crippen LogP contribution in [0.4, 0.5) is 0 Å². The number of carbonyl (C=O) groups is 1. The molecule has 1 aromatic carbocycles. The summed E-state index contributed by atoms with van der Waals surface area (Å²) in [6.07, 6.45) is 1.65. The highest BCUT2D eigenvalue weighted by atomic mass is 16.4. The molecule has 0 saturated heterocycles. The molecule has 2 rings (SSSR count). The number of aromatic nitrogens is 1. The van der Waals surface area contributed by atoms with Gasteiger partial charge in [-0.3, -0.25) is 4.79 Å². The molecule has 5 nitrogen and oxygen atoms in total. The molecule has 0 aliphatic rings. The normalized spacial score (nSPS) is 10.9. The van der Waals surface area contributed by atoms with E-state index in [1.54, 1.807) is 19.2 Å². The van der Waals surface area contributed by atoms with Crippen LogP contribution < -0.4 is 5.56 Å². The molecule has 2 aromatic rings. The molecular formula is C17H20N2O3. The number of pyridine rings is 1. The lowest BCUT2D eigenvalue weighted by atomic mass is 10.1. The fraction of sp³-hybridized carbons (Fsp3) is 0.294. The largest absolute Gasteiger partial charge is 0.477 e. The van der Waals surface area contributed by atoms with Crippen molar-refractivity contribution >= 4 is 5.97 Å². The van der Waals surface area contributed by atoms with Crippen LogP contribution in [-0.4, -0.2) is 34.6 Å². The Morgan fingerprint density at radius 1 is 1.18 bits per heavy atom. The van der Waals surface area contributed by atoms with Crippen molar-refractivity contribution < 1.29 is 9.90 Å². The molecule has 0 spiro atoms. The Balaban J connectivity index is 2.43. The van der Waals surface area contributed by atoms with Gasteiger partial charge in [-0.15, -0.1) is 0 Å². The lowest BCUT2D eigenvalue weighted by Gasteiger charge is -2.15. The van der Waals surface area contributed by atoms with Crippen LogP contribution in [0.2, 0.25) is 0 Å². The summed E-state index contributed by atoms with van der Waals surface area (Å²) in [6, 6.07) is 9.53. The average molecular weight is 300 g/mol. The topological polar surface area (TPSA) is 62.5 Å². The lowest BCUT2D eigenvalue weighted by Crippen LogP contribution is -2.28. The molecule has 0 atom stereocenters. The summed E-state index contributed by atoms with van der Waals surface area (Å²) in [5.41, 5.74) is 1.99. The van der Waals surface area contributed by atoms with Gasteiger partial charge in [0.05, 0.1) is 6.54 Å². The van der Waals surface area contributed by atoms with Gasteiger partial charge in [0, 0.05) is 12.7 Å². The summed E-state index contributed by atoms with van der Waals surface area (Å²) in [6.45, 7) is 2.77. The van der Waals surface area contributed by atoms with Gasteiger partial charge < -0.3 is 14.6 Å². The van der Waals surface area contributed by atoms with Crippen LogP contribution in [0.1, 0.15) is 27.0 Å². The number of hydrogen-bond acceptors (Lipinski definition) is 3. The summed E-state index contributed by atoms with van der Waals surface area (Å²) in [5, 5.41) is 9.19. The zero-order valence-electron chi connectivity index (χ0n) is 13.0. The maximum atomic E-state index is 12.3. The van der Waals surface area contributed by atoms with E-state index in [0.717, 1.165) is 17.7 Å². The Morgan fingerprint density at radius 3 is 2.41 bits per heavy atom. The van der Waals surface area contributed by atoms with Crippen molar-refractivity contribution in [1.82, 2.24) is 9.47 Å². The van der Waals surface area contributed by atoms with E-state index in [9.17, 15) is 14.7 Å². The molecule has 5 heteroatoms. The van der Waals surface area contributed by atoms with Gasteiger partial charge in [0.25, 0.3) is 5.56 Å². The molecule has 0 fully saturated rings. The first-order chi connectivity index (χ1) is 10.4. The van der Waals surface area contributed by atoms with Crippen LogP contribution in [-0.2, 0) is 13.1 Å². The maximum Gasteiger partial charge on any atom is 0.341 e. The second-order valence-electron chi connectivity index (χ2n) is 5.62. The fourth-order valence-electron chi connectivity index (χ4n) is 2.44. The van der Waals surface area contributed by atoms with Gasteiger partial charge in [0.2, 0.25) is 0 Å². The van der Waals surface area contributed by atoms with Gasteiger partial charge in [-0.1, -0.05) is 24.3 Å². The second kappa shape index (κ2) is 6.58. The third kappa shape index (κ3) is 3.43. The highest BCUT2D eigenvalue weighted by Gasteiger charge is 2.15. The predicted molar refractivity (Wildman–Crippen MR) is 85.3 cm³/mol. The molecule has 0 radical (unpaired) electrons. The van der Waals surface area contributed by atoms with E-state index in [0.29, 0.717) is 12.1 Å². The standard InChI is InChI=1S/C17H20N2O3/c1-12-8-9-19(16(20)15(12)17(21)22)11-14-7-5-4-6-13(14)10-18(2)3/h4-9H,10-11H2,1-3H3,(H,21,22). The van der Waals surface area contributed by atoms with Gasteiger partial charge in [-0.05, 0) is 43.8 Å². The molecule has 1 N–H and O–H groups in total. The Labute approximate surface area is 129 Å². The van der Waals surface area contributed by atoms with E-state index in [-0.39, 0.29) is 5.56 Å². The van der Waals surface area contributed by atoms with Crippen LogP contribution in [0.5, 0.6) is 0 Å². The first-order valence-electron chi connectivity index (χ1n) is 7.05. The van der Waals surface area contributed by atoms with E-state index in [2.05, 4.69) is 4.90 Å². The predicted octanol–water partition coefficient (Wildman–Crippen LogP) is 1.96. The van der Waals surface area contributed by atoms with Crippen molar-refractivity contribution in [2.75, 3.05) is 14.1 Å². The van der Waals surface area contributed by atoms with Gasteiger partial charge in [0.1, 0.15) is 5.56 Å². The molecular weight excluding hydrogens is 280 g/mol. The van der Waals surface area contributed by atoms with E-state index in [4.69, 9.17) is 0 Å². The summed E-state index contributed by atoms with van der Waals surface area (Å²) in [5.74, 6) is -1.18. The minimum absolute atomic E-state index is 0.160. The summed E-state index contributed by atoms with van der Waals surface area (Å²) in [7, 11) is 3.97. The Hall–Kier alpha value is -2.40. The number of benzene rings is 1. The van der Waals surface area contributed by atoms with Crippen molar-refractivity contribution in [2.24, 2.45) is 0 Å². The van der Waals surface area contributed by atoms with Gasteiger partial charge >= 0.3 is 5.97 Å². The highest BCUT2D eigenvalue weighted by molar-refractivity contribution is 5.88. The number of hydrogen-bond donors (Lipinski definition) is 1. The van der Waals surface area contributed by atoms with Crippen molar-refractivity contribution in [3.05, 3.63) is 69.1 Å². The quantitative estimate of drug-likeness (QED) is 0.917. The maximum absolute atomic E-state index is 12.3. The molecule has 116 valence electrons. The Bertz CT molecular complexity index is 748. The highest BCUT2D eigenvalue weighted by Crippen LogP contribution is 2.12. The first kappa shape index (κ1) is 16.0. The minimum atomic E-state index is -1.18. The lowest BCUT2D eigenvalue weighted by molar-refractivity contribution is 0.0693. The van der Waals surface area contributed by atoms with Gasteiger partial charge in [-0.2, -0.15) is 0 Å². The molecule has 0 aliphatic heterocycles.